The average molecular weight is 397 g/mol. The molecule has 1 nitrogen and oxygen atoms in total. The molecule has 29 heavy (non-hydrogen) atoms. The van der Waals surface area contributed by atoms with E-state index in [1.165, 1.54) is 37.7 Å². The summed E-state index contributed by atoms with van der Waals surface area (Å²) < 4.78 is 0. The van der Waals surface area contributed by atoms with Crippen LogP contribution in [0.15, 0.2) is 35.5 Å². The number of hydrogen-bond acceptors (Lipinski definition) is 1. The van der Waals surface area contributed by atoms with Crippen molar-refractivity contribution in [1.82, 2.24) is 0 Å². The molecule has 0 heterocycles. The van der Waals surface area contributed by atoms with E-state index < -0.39 is 0 Å². The Hall–Kier alpha value is -0.820. The molecule has 0 unspecified atom stereocenters. The summed E-state index contributed by atoms with van der Waals surface area (Å²) in [5, 5.41) is 10.2. The standard InChI is InChI=1S/C28H44O/c1-18(2)19(3)7-8-20(4)24-11-12-25-23-10-9-21-17-22(29)13-15-27(21,5)26(23)14-16-28(24,25)6/h7-10,18-20,22,24-26,29H,11-17H2,1-6H3/t19-,20-,22+,24+,25+,26+,27-,28-/m0/s1. The second-order valence-electron chi connectivity index (χ2n) is 11.9. The van der Waals surface area contributed by atoms with E-state index >= 15 is 0 Å². The molecule has 0 radical (unpaired) electrons. The van der Waals surface area contributed by atoms with Crippen molar-refractivity contribution in [2.24, 2.45) is 46.3 Å². The number of hydrogen-bond donors (Lipinski definition) is 1. The summed E-state index contributed by atoms with van der Waals surface area (Å²) in [5.74, 6) is 4.38. The molecule has 162 valence electrons. The van der Waals surface area contributed by atoms with Crippen LogP contribution in [0.1, 0.15) is 86.5 Å². The average Bonchev–Trinajstić information content (AvgIpc) is 3.03. The van der Waals surface area contributed by atoms with Gasteiger partial charge in [0, 0.05) is 0 Å². The molecule has 1 heteroatoms. The highest BCUT2D eigenvalue weighted by Crippen LogP contribution is 2.65. The van der Waals surface area contributed by atoms with Gasteiger partial charge in [0.05, 0.1) is 6.10 Å². The molecule has 4 aliphatic carbocycles. The summed E-state index contributed by atoms with van der Waals surface area (Å²) in [4.78, 5) is 0. The number of fused-ring (bicyclic) bond motifs is 5. The largest absolute Gasteiger partial charge is 0.393 e. The van der Waals surface area contributed by atoms with Gasteiger partial charge >= 0.3 is 0 Å². The Morgan fingerprint density at radius 3 is 2.41 bits per heavy atom. The normalized spacial score (nSPS) is 44.0. The molecule has 0 saturated heterocycles. The predicted molar refractivity (Wildman–Crippen MR) is 123 cm³/mol. The first-order valence-electron chi connectivity index (χ1n) is 12.4. The van der Waals surface area contributed by atoms with Crippen molar-refractivity contribution < 1.29 is 5.11 Å². The summed E-state index contributed by atoms with van der Waals surface area (Å²) >= 11 is 0. The van der Waals surface area contributed by atoms with E-state index in [0.29, 0.717) is 22.7 Å². The summed E-state index contributed by atoms with van der Waals surface area (Å²) in [7, 11) is 0. The van der Waals surface area contributed by atoms with Crippen molar-refractivity contribution in [3.8, 4) is 0 Å². The van der Waals surface area contributed by atoms with E-state index in [-0.39, 0.29) is 6.10 Å². The minimum atomic E-state index is -0.116. The van der Waals surface area contributed by atoms with Crippen molar-refractivity contribution >= 4 is 0 Å². The van der Waals surface area contributed by atoms with Crippen LogP contribution in [-0.2, 0) is 0 Å². The van der Waals surface area contributed by atoms with Gasteiger partial charge in [-0.1, -0.05) is 77.0 Å². The Bertz CT molecular complexity index is 712. The van der Waals surface area contributed by atoms with Crippen molar-refractivity contribution in [2.75, 3.05) is 0 Å². The maximum atomic E-state index is 10.2. The summed E-state index contributed by atoms with van der Waals surface area (Å²) in [6, 6.07) is 0. The van der Waals surface area contributed by atoms with Crippen LogP contribution in [0.5, 0.6) is 0 Å². The molecule has 0 aromatic carbocycles. The molecule has 4 rings (SSSR count). The van der Waals surface area contributed by atoms with E-state index in [2.05, 4.69) is 65.8 Å². The van der Waals surface area contributed by atoms with Crippen LogP contribution in [0, 0.1) is 46.3 Å². The number of aliphatic hydroxyl groups excluding tert-OH is 1. The van der Waals surface area contributed by atoms with Gasteiger partial charge < -0.3 is 5.11 Å². The Morgan fingerprint density at radius 2 is 1.69 bits per heavy atom. The molecule has 3 fully saturated rings. The quantitative estimate of drug-likeness (QED) is 0.493. The summed E-state index contributed by atoms with van der Waals surface area (Å²) in [6.07, 6.45) is 18.4. The zero-order chi connectivity index (χ0) is 21.0. The maximum Gasteiger partial charge on any atom is 0.0578 e. The predicted octanol–water partition coefficient (Wildman–Crippen LogP) is 7.33. The number of allylic oxidation sites excluding steroid dienone is 5. The minimum Gasteiger partial charge on any atom is -0.393 e. The van der Waals surface area contributed by atoms with Crippen molar-refractivity contribution in [3.63, 3.8) is 0 Å². The number of aliphatic hydroxyl groups is 1. The van der Waals surface area contributed by atoms with Gasteiger partial charge in [0.15, 0.2) is 0 Å². The monoisotopic (exact) mass is 396 g/mol. The lowest BCUT2D eigenvalue weighted by Crippen LogP contribution is -2.46. The van der Waals surface area contributed by atoms with Gasteiger partial charge in [-0.15, -0.1) is 0 Å². The van der Waals surface area contributed by atoms with Gasteiger partial charge in [-0.25, -0.2) is 0 Å². The van der Waals surface area contributed by atoms with Crippen LogP contribution >= 0.6 is 0 Å². The fourth-order valence-electron chi connectivity index (χ4n) is 7.59. The van der Waals surface area contributed by atoms with Crippen LogP contribution in [0.3, 0.4) is 0 Å². The molecule has 0 aromatic rings. The van der Waals surface area contributed by atoms with Crippen LogP contribution in [0.4, 0.5) is 0 Å². The smallest absolute Gasteiger partial charge is 0.0578 e. The molecule has 0 spiro atoms. The Labute approximate surface area is 179 Å². The van der Waals surface area contributed by atoms with Crippen molar-refractivity contribution in [1.29, 1.82) is 0 Å². The molecule has 3 saturated carbocycles. The van der Waals surface area contributed by atoms with E-state index in [1.807, 2.05) is 0 Å². The first-order chi connectivity index (χ1) is 13.7. The Morgan fingerprint density at radius 1 is 0.931 bits per heavy atom. The molecule has 4 aliphatic rings. The summed E-state index contributed by atoms with van der Waals surface area (Å²) in [6.45, 7) is 14.6. The summed E-state index contributed by atoms with van der Waals surface area (Å²) in [5.41, 5.74) is 4.07. The second-order valence-corrected chi connectivity index (χ2v) is 11.9. The third-order valence-corrected chi connectivity index (χ3v) is 10.0. The van der Waals surface area contributed by atoms with E-state index in [9.17, 15) is 5.11 Å². The minimum absolute atomic E-state index is 0.116. The Balaban J connectivity index is 1.57. The van der Waals surface area contributed by atoms with Crippen molar-refractivity contribution in [3.05, 3.63) is 35.5 Å². The SMILES string of the molecule is CC(C)[C@@H](C)C=C[C@H](C)[C@H]1CC[C@@H]2C3=CC=C4C[C@H](O)CC[C@]4(C)[C@@H]3CC[C@]21C. The number of rotatable bonds is 4. The molecule has 8 atom stereocenters. The lowest BCUT2D eigenvalue weighted by molar-refractivity contribution is 0.0382. The van der Waals surface area contributed by atoms with Gasteiger partial charge in [-0.2, -0.15) is 0 Å². The van der Waals surface area contributed by atoms with E-state index in [1.54, 1.807) is 5.57 Å². The zero-order valence-corrected chi connectivity index (χ0v) is 19.7. The third-order valence-electron chi connectivity index (χ3n) is 10.0. The first-order valence-corrected chi connectivity index (χ1v) is 12.4. The molecule has 0 aliphatic heterocycles. The van der Waals surface area contributed by atoms with Gasteiger partial charge in [-0.05, 0) is 91.3 Å². The van der Waals surface area contributed by atoms with Gasteiger partial charge in [0.25, 0.3) is 0 Å². The lowest BCUT2D eigenvalue weighted by Gasteiger charge is -2.55. The van der Waals surface area contributed by atoms with Crippen LogP contribution in [-0.4, -0.2) is 11.2 Å². The topological polar surface area (TPSA) is 20.2 Å². The third kappa shape index (κ3) is 3.50. The van der Waals surface area contributed by atoms with Gasteiger partial charge in [-0.3, -0.25) is 0 Å². The van der Waals surface area contributed by atoms with E-state index in [0.717, 1.165) is 36.5 Å². The highest BCUT2D eigenvalue weighted by Gasteiger charge is 2.56. The highest BCUT2D eigenvalue weighted by atomic mass is 16.3. The second kappa shape index (κ2) is 7.70. The fourth-order valence-corrected chi connectivity index (χ4v) is 7.59. The van der Waals surface area contributed by atoms with Gasteiger partial charge in [0.2, 0.25) is 0 Å². The molecular weight excluding hydrogens is 352 g/mol. The van der Waals surface area contributed by atoms with Crippen LogP contribution in [0.25, 0.3) is 0 Å². The van der Waals surface area contributed by atoms with Crippen LogP contribution in [0.2, 0.25) is 0 Å². The highest BCUT2D eigenvalue weighted by molar-refractivity contribution is 5.39. The molecular formula is C28H44O. The Kier molecular flexibility index (Phi) is 5.69. The molecule has 0 aromatic heterocycles. The molecule has 0 amide bonds. The molecule has 1 N–H and O–H groups in total. The van der Waals surface area contributed by atoms with Gasteiger partial charge in [0.1, 0.15) is 0 Å². The lowest BCUT2D eigenvalue weighted by atomic mass is 9.50. The van der Waals surface area contributed by atoms with E-state index in [4.69, 9.17) is 0 Å². The van der Waals surface area contributed by atoms with Crippen molar-refractivity contribution in [2.45, 2.75) is 92.6 Å². The molecule has 0 bridgehead atoms. The maximum absolute atomic E-state index is 10.2. The zero-order valence-electron chi connectivity index (χ0n) is 19.7. The first kappa shape index (κ1) is 21.4. The fraction of sp³-hybridized carbons (Fsp3) is 0.786. The van der Waals surface area contributed by atoms with Crippen LogP contribution < -0.4 is 0 Å².